The van der Waals surface area contributed by atoms with Gasteiger partial charge in [-0.3, -0.25) is 4.98 Å². The Morgan fingerprint density at radius 2 is 2.18 bits per heavy atom. The summed E-state index contributed by atoms with van der Waals surface area (Å²) in [5.74, 6) is 0.400. The number of aromatic nitrogens is 2. The van der Waals surface area contributed by atoms with E-state index in [4.69, 9.17) is 22.1 Å². The molecule has 0 aliphatic rings. The fourth-order valence-electron chi connectivity index (χ4n) is 1.34. The van der Waals surface area contributed by atoms with Crippen molar-refractivity contribution in [2.45, 2.75) is 6.42 Å². The fourth-order valence-corrected chi connectivity index (χ4v) is 1.57. The monoisotopic (exact) mass is 249 g/mol. The molecule has 4 nitrogen and oxygen atoms in total. The van der Waals surface area contributed by atoms with Gasteiger partial charge in [0.25, 0.3) is 0 Å². The average molecular weight is 250 g/mol. The van der Waals surface area contributed by atoms with Gasteiger partial charge < -0.3 is 10.5 Å². The van der Waals surface area contributed by atoms with E-state index in [0.29, 0.717) is 29.6 Å². The van der Waals surface area contributed by atoms with E-state index in [1.54, 1.807) is 12.3 Å². The molecule has 2 heterocycles. The maximum absolute atomic E-state index is 5.93. The van der Waals surface area contributed by atoms with E-state index in [1.807, 2.05) is 18.2 Å². The Kier molecular flexibility index (Phi) is 3.77. The van der Waals surface area contributed by atoms with Crippen LogP contribution in [0, 0.1) is 0 Å². The molecule has 0 spiro atoms. The highest BCUT2D eigenvalue weighted by Gasteiger charge is 2.03. The van der Waals surface area contributed by atoms with Crippen molar-refractivity contribution < 1.29 is 4.74 Å². The first-order valence-corrected chi connectivity index (χ1v) is 5.57. The Morgan fingerprint density at radius 3 is 2.88 bits per heavy atom. The van der Waals surface area contributed by atoms with Gasteiger partial charge in [-0.25, -0.2) is 4.98 Å². The standard InChI is InChI=1S/C12H12ClN3O/c13-11-7-9(14)8-16-12(11)17-6-4-10-3-1-2-5-15-10/h1-3,5,7-8H,4,6,14H2. The molecule has 5 heteroatoms. The van der Waals surface area contributed by atoms with Crippen LogP contribution >= 0.6 is 11.6 Å². The first-order valence-electron chi connectivity index (χ1n) is 5.19. The van der Waals surface area contributed by atoms with Gasteiger partial charge in [0.05, 0.1) is 18.5 Å². The average Bonchev–Trinajstić information content (AvgIpc) is 2.33. The van der Waals surface area contributed by atoms with Crippen LogP contribution in [0.5, 0.6) is 5.88 Å². The van der Waals surface area contributed by atoms with Crippen molar-refractivity contribution in [1.82, 2.24) is 9.97 Å². The Hall–Kier alpha value is -1.81. The Balaban J connectivity index is 1.90. The SMILES string of the molecule is Nc1cnc(OCCc2ccccn2)c(Cl)c1. The zero-order valence-corrected chi connectivity index (χ0v) is 9.89. The Labute approximate surface area is 104 Å². The minimum Gasteiger partial charge on any atom is -0.476 e. The summed E-state index contributed by atoms with van der Waals surface area (Å²) >= 11 is 5.93. The third-order valence-corrected chi connectivity index (χ3v) is 2.42. The van der Waals surface area contributed by atoms with Gasteiger partial charge in [0.2, 0.25) is 5.88 Å². The quantitative estimate of drug-likeness (QED) is 0.904. The number of pyridine rings is 2. The van der Waals surface area contributed by atoms with Crippen LogP contribution in [0.4, 0.5) is 5.69 Å². The van der Waals surface area contributed by atoms with Crippen LogP contribution < -0.4 is 10.5 Å². The minimum atomic E-state index is 0.400. The molecule has 0 aliphatic carbocycles. The second kappa shape index (κ2) is 5.50. The molecular formula is C12H12ClN3O. The number of nitrogens with two attached hydrogens (primary N) is 1. The van der Waals surface area contributed by atoms with Crippen LogP contribution in [0.2, 0.25) is 5.02 Å². The minimum absolute atomic E-state index is 0.400. The number of anilines is 1. The summed E-state index contributed by atoms with van der Waals surface area (Å²) in [5, 5.41) is 0.422. The topological polar surface area (TPSA) is 61.0 Å². The summed E-state index contributed by atoms with van der Waals surface area (Å²) < 4.78 is 5.46. The lowest BCUT2D eigenvalue weighted by atomic mass is 10.3. The Morgan fingerprint density at radius 1 is 1.29 bits per heavy atom. The summed E-state index contributed by atoms with van der Waals surface area (Å²) in [5.41, 5.74) is 7.03. The molecule has 2 aromatic heterocycles. The summed E-state index contributed by atoms with van der Waals surface area (Å²) in [6, 6.07) is 7.38. The number of nitrogens with zero attached hydrogens (tertiary/aromatic N) is 2. The number of hydrogen-bond acceptors (Lipinski definition) is 4. The van der Waals surface area contributed by atoms with Crippen LogP contribution in [0.1, 0.15) is 5.69 Å². The second-order valence-corrected chi connectivity index (χ2v) is 3.88. The molecule has 0 saturated carbocycles. The van der Waals surface area contributed by atoms with Crippen molar-refractivity contribution in [2.24, 2.45) is 0 Å². The number of rotatable bonds is 4. The van der Waals surface area contributed by atoms with E-state index in [2.05, 4.69) is 9.97 Å². The van der Waals surface area contributed by atoms with E-state index in [9.17, 15) is 0 Å². The van der Waals surface area contributed by atoms with Gasteiger partial charge in [0, 0.05) is 18.3 Å². The Bertz CT molecular complexity index is 490. The number of halogens is 1. The van der Waals surface area contributed by atoms with Crippen LogP contribution in [0.3, 0.4) is 0 Å². The molecule has 0 atom stereocenters. The van der Waals surface area contributed by atoms with Crippen LogP contribution in [0.25, 0.3) is 0 Å². The lowest BCUT2D eigenvalue weighted by Gasteiger charge is -2.06. The van der Waals surface area contributed by atoms with Crippen molar-refractivity contribution in [3.05, 3.63) is 47.4 Å². The molecule has 0 fully saturated rings. The summed E-state index contributed by atoms with van der Waals surface area (Å²) in [6.07, 6.45) is 3.98. The molecule has 0 bridgehead atoms. The van der Waals surface area contributed by atoms with Crippen LogP contribution in [-0.2, 0) is 6.42 Å². The van der Waals surface area contributed by atoms with E-state index in [-0.39, 0.29) is 0 Å². The summed E-state index contributed by atoms with van der Waals surface area (Å²) in [4.78, 5) is 8.20. The highest BCUT2D eigenvalue weighted by atomic mass is 35.5. The van der Waals surface area contributed by atoms with E-state index in [0.717, 1.165) is 5.69 Å². The van der Waals surface area contributed by atoms with Crippen molar-refractivity contribution >= 4 is 17.3 Å². The molecule has 0 radical (unpaired) electrons. The van der Waals surface area contributed by atoms with Crippen LogP contribution in [-0.4, -0.2) is 16.6 Å². The maximum atomic E-state index is 5.93. The number of hydrogen-bond donors (Lipinski definition) is 1. The van der Waals surface area contributed by atoms with E-state index in [1.165, 1.54) is 6.20 Å². The molecule has 0 aromatic carbocycles. The van der Waals surface area contributed by atoms with Gasteiger partial charge in [0.15, 0.2) is 0 Å². The smallest absolute Gasteiger partial charge is 0.232 e. The first kappa shape index (κ1) is 11.7. The molecule has 2 N–H and O–H groups in total. The lowest BCUT2D eigenvalue weighted by Crippen LogP contribution is -2.04. The molecule has 2 aromatic rings. The van der Waals surface area contributed by atoms with Gasteiger partial charge in [-0.2, -0.15) is 0 Å². The fraction of sp³-hybridized carbons (Fsp3) is 0.167. The van der Waals surface area contributed by atoms with Gasteiger partial charge in [-0.15, -0.1) is 0 Å². The third kappa shape index (κ3) is 3.32. The molecule has 0 unspecified atom stereocenters. The van der Waals surface area contributed by atoms with Gasteiger partial charge in [-0.05, 0) is 18.2 Å². The van der Waals surface area contributed by atoms with E-state index >= 15 is 0 Å². The summed E-state index contributed by atoms with van der Waals surface area (Å²) in [7, 11) is 0. The molecule has 0 aliphatic heterocycles. The molecule has 2 rings (SSSR count). The predicted octanol–water partition coefficient (Wildman–Crippen LogP) is 2.33. The van der Waals surface area contributed by atoms with Crippen LogP contribution in [0.15, 0.2) is 36.7 Å². The number of ether oxygens (including phenoxy) is 1. The van der Waals surface area contributed by atoms with Crippen molar-refractivity contribution in [2.75, 3.05) is 12.3 Å². The zero-order chi connectivity index (χ0) is 12.1. The largest absolute Gasteiger partial charge is 0.476 e. The highest BCUT2D eigenvalue weighted by molar-refractivity contribution is 6.32. The number of nitrogen functional groups attached to an aromatic ring is 1. The highest BCUT2D eigenvalue weighted by Crippen LogP contribution is 2.23. The first-order chi connectivity index (χ1) is 8.25. The molecule has 17 heavy (non-hydrogen) atoms. The summed E-state index contributed by atoms with van der Waals surface area (Å²) in [6.45, 7) is 0.480. The van der Waals surface area contributed by atoms with Crippen molar-refractivity contribution in [3.8, 4) is 5.88 Å². The third-order valence-electron chi connectivity index (χ3n) is 2.15. The van der Waals surface area contributed by atoms with Gasteiger partial charge in [-0.1, -0.05) is 17.7 Å². The van der Waals surface area contributed by atoms with Gasteiger partial charge in [0.1, 0.15) is 5.02 Å². The zero-order valence-electron chi connectivity index (χ0n) is 9.14. The molecular weight excluding hydrogens is 238 g/mol. The van der Waals surface area contributed by atoms with Gasteiger partial charge >= 0.3 is 0 Å². The predicted molar refractivity (Wildman–Crippen MR) is 67.1 cm³/mol. The normalized spacial score (nSPS) is 10.2. The molecule has 0 amide bonds. The lowest BCUT2D eigenvalue weighted by molar-refractivity contribution is 0.308. The molecule has 0 saturated heterocycles. The maximum Gasteiger partial charge on any atom is 0.232 e. The van der Waals surface area contributed by atoms with E-state index < -0.39 is 0 Å². The molecule has 88 valence electrons. The van der Waals surface area contributed by atoms with Crippen molar-refractivity contribution in [1.29, 1.82) is 0 Å². The second-order valence-electron chi connectivity index (χ2n) is 3.48. The van der Waals surface area contributed by atoms with Crippen molar-refractivity contribution in [3.63, 3.8) is 0 Å².